The van der Waals surface area contributed by atoms with Gasteiger partial charge in [0.2, 0.25) is 5.91 Å². The predicted molar refractivity (Wildman–Crippen MR) is 85.0 cm³/mol. The van der Waals surface area contributed by atoms with Crippen molar-refractivity contribution in [2.45, 2.75) is 50.4 Å². The minimum Gasteiger partial charge on any atom is -0.373 e. The zero-order valence-corrected chi connectivity index (χ0v) is 13.3. The van der Waals surface area contributed by atoms with E-state index in [-0.39, 0.29) is 24.2 Å². The summed E-state index contributed by atoms with van der Waals surface area (Å²) in [6.07, 6.45) is 4.34. The third-order valence-electron chi connectivity index (χ3n) is 4.37. The maximum Gasteiger partial charge on any atom is 0.220 e. The van der Waals surface area contributed by atoms with Crippen molar-refractivity contribution in [2.75, 3.05) is 13.2 Å². The fourth-order valence-electron chi connectivity index (χ4n) is 3.25. The Morgan fingerprint density at radius 2 is 2.05 bits per heavy atom. The van der Waals surface area contributed by atoms with Crippen molar-refractivity contribution in [3.05, 3.63) is 34.9 Å². The Labute approximate surface area is 136 Å². The molecule has 1 aromatic rings. The average Bonchev–Trinajstić information content (AvgIpc) is 2.53. The van der Waals surface area contributed by atoms with Crippen LogP contribution in [0.5, 0.6) is 0 Å². The average molecular weight is 324 g/mol. The van der Waals surface area contributed by atoms with Gasteiger partial charge in [-0.25, -0.2) is 0 Å². The maximum atomic E-state index is 12.1. The van der Waals surface area contributed by atoms with Gasteiger partial charge in [0.25, 0.3) is 0 Å². The Kier molecular flexibility index (Phi) is 5.34. The van der Waals surface area contributed by atoms with E-state index in [1.807, 2.05) is 24.3 Å². The van der Waals surface area contributed by atoms with Gasteiger partial charge in [-0.05, 0) is 43.4 Å². The minimum atomic E-state index is 0.0974. The summed E-state index contributed by atoms with van der Waals surface area (Å²) >= 11 is 5.95. The van der Waals surface area contributed by atoms with Crippen molar-refractivity contribution >= 4 is 17.5 Å². The lowest BCUT2D eigenvalue weighted by Gasteiger charge is -2.39. The van der Waals surface area contributed by atoms with Gasteiger partial charge in [0.15, 0.2) is 0 Å². The van der Waals surface area contributed by atoms with E-state index >= 15 is 0 Å². The summed E-state index contributed by atoms with van der Waals surface area (Å²) in [5.74, 6) is 0.0974. The molecule has 1 aliphatic heterocycles. The Morgan fingerprint density at radius 3 is 2.86 bits per heavy atom. The molecule has 3 rings (SSSR count). The van der Waals surface area contributed by atoms with Crippen LogP contribution in [-0.2, 0) is 20.7 Å². The zero-order valence-electron chi connectivity index (χ0n) is 12.6. The van der Waals surface area contributed by atoms with Gasteiger partial charge in [0.05, 0.1) is 25.4 Å². The second-order valence-corrected chi connectivity index (χ2v) is 6.46. The highest BCUT2D eigenvalue weighted by atomic mass is 35.5. The molecule has 5 heteroatoms. The number of amides is 1. The van der Waals surface area contributed by atoms with E-state index in [4.69, 9.17) is 21.1 Å². The largest absolute Gasteiger partial charge is 0.373 e. The summed E-state index contributed by atoms with van der Waals surface area (Å²) in [5.41, 5.74) is 1.09. The number of hydrogen-bond donors (Lipinski definition) is 1. The molecule has 1 saturated heterocycles. The number of benzene rings is 1. The number of ether oxygens (including phenoxy) is 2. The van der Waals surface area contributed by atoms with Crippen LogP contribution < -0.4 is 5.32 Å². The molecule has 0 radical (unpaired) electrons. The van der Waals surface area contributed by atoms with Crippen LogP contribution in [-0.4, -0.2) is 37.4 Å². The van der Waals surface area contributed by atoms with Crippen molar-refractivity contribution < 1.29 is 14.3 Å². The van der Waals surface area contributed by atoms with E-state index in [0.29, 0.717) is 31.1 Å². The number of carbonyl (C=O) groups excluding carboxylic acids is 1. The molecule has 0 bridgehead atoms. The molecule has 0 spiro atoms. The first kappa shape index (κ1) is 15.8. The molecule has 3 unspecified atom stereocenters. The van der Waals surface area contributed by atoms with Crippen LogP contribution in [0.15, 0.2) is 24.3 Å². The summed E-state index contributed by atoms with van der Waals surface area (Å²) < 4.78 is 11.4. The molecule has 0 aromatic heterocycles. The van der Waals surface area contributed by atoms with Crippen LogP contribution in [0.2, 0.25) is 5.02 Å². The number of carbonyl (C=O) groups is 1. The summed E-state index contributed by atoms with van der Waals surface area (Å²) in [6, 6.07) is 7.87. The van der Waals surface area contributed by atoms with E-state index in [1.165, 1.54) is 0 Å². The van der Waals surface area contributed by atoms with Gasteiger partial charge in [0.1, 0.15) is 0 Å². The number of halogens is 1. The molecule has 3 atom stereocenters. The number of nitrogens with one attached hydrogen (secondary N) is 1. The first-order chi connectivity index (χ1) is 10.7. The smallest absolute Gasteiger partial charge is 0.220 e. The number of aryl methyl sites for hydroxylation is 1. The van der Waals surface area contributed by atoms with Gasteiger partial charge in [-0.2, -0.15) is 0 Å². The van der Waals surface area contributed by atoms with Gasteiger partial charge in [0, 0.05) is 17.5 Å². The first-order valence-corrected chi connectivity index (χ1v) is 8.35. The standard InChI is InChI=1S/C17H22ClNO3/c18-13-3-1-2-12(10-13)4-7-17(20)19-14-5-6-15-16(11-14)22-9-8-21-15/h1-3,10,14-16H,4-9,11H2,(H,19,20). The van der Waals surface area contributed by atoms with Gasteiger partial charge < -0.3 is 14.8 Å². The van der Waals surface area contributed by atoms with Gasteiger partial charge in [-0.15, -0.1) is 0 Å². The Hall–Kier alpha value is -1.10. The summed E-state index contributed by atoms with van der Waals surface area (Å²) in [5, 5.41) is 3.84. The second-order valence-electron chi connectivity index (χ2n) is 6.03. The van der Waals surface area contributed by atoms with Gasteiger partial charge in [-0.1, -0.05) is 23.7 Å². The Morgan fingerprint density at radius 1 is 1.23 bits per heavy atom. The number of hydrogen-bond acceptors (Lipinski definition) is 3. The highest BCUT2D eigenvalue weighted by Gasteiger charge is 2.34. The van der Waals surface area contributed by atoms with E-state index in [9.17, 15) is 4.79 Å². The predicted octanol–water partition coefficient (Wildman–Crippen LogP) is 2.73. The topological polar surface area (TPSA) is 47.6 Å². The fourth-order valence-corrected chi connectivity index (χ4v) is 3.46. The highest BCUT2D eigenvalue weighted by molar-refractivity contribution is 6.30. The summed E-state index contributed by atoms with van der Waals surface area (Å²) in [7, 11) is 0. The lowest BCUT2D eigenvalue weighted by atomic mass is 9.89. The number of rotatable bonds is 4. The highest BCUT2D eigenvalue weighted by Crippen LogP contribution is 2.26. The van der Waals surface area contributed by atoms with Crippen molar-refractivity contribution in [2.24, 2.45) is 0 Å². The van der Waals surface area contributed by atoms with Crippen LogP contribution in [0.3, 0.4) is 0 Å². The van der Waals surface area contributed by atoms with Gasteiger partial charge >= 0.3 is 0 Å². The molecule has 1 N–H and O–H groups in total. The van der Waals surface area contributed by atoms with E-state index in [2.05, 4.69) is 5.32 Å². The quantitative estimate of drug-likeness (QED) is 0.926. The Balaban J connectivity index is 1.44. The first-order valence-electron chi connectivity index (χ1n) is 7.98. The molecule has 1 aromatic carbocycles. The lowest BCUT2D eigenvalue weighted by Crippen LogP contribution is -2.49. The molecule has 120 valence electrons. The molecular weight excluding hydrogens is 302 g/mol. The third-order valence-corrected chi connectivity index (χ3v) is 4.61. The fraction of sp³-hybridized carbons (Fsp3) is 0.588. The molecule has 1 aliphatic carbocycles. The van der Waals surface area contributed by atoms with Crippen LogP contribution in [0.4, 0.5) is 0 Å². The van der Waals surface area contributed by atoms with E-state index < -0.39 is 0 Å². The summed E-state index contributed by atoms with van der Waals surface area (Å²) in [4.78, 5) is 12.1. The molecule has 22 heavy (non-hydrogen) atoms. The molecule has 2 fully saturated rings. The van der Waals surface area contributed by atoms with Crippen molar-refractivity contribution in [1.29, 1.82) is 0 Å². The SMILES string of the molecule is O=C(CCc1cccc(Cl)c1)NC1CCC2OCCOC2C1. The van der Waals surface area contributed by atoms with Crippen LogP contribution in [0, 0.1) is 0 Å². The molecule has 1 heterocycles. The normalized spacial score (nSPS) is 28.0. The molecule has 4 nitrogen and oxygen atoms in total. The zero-order chi connectivity index (χ0) is 15.4. The monoisotopic (exact) mass is 323 g/mol. The molecule has 1 amide bonds. The van der Waals surface area contributed by atoms with Crippen LogP contribution >= 0.6 is 11.6 Å². The van der Waals surface area contributed by atoms with Gasteiger partial charge in [-0.3, -0.25) is 4.79 Å². The van der Waals surface area contributed by atoms with Crippen molar-refractivity contribution in [3.63, 3.8) is 0 Å². The van der Waals surface area contributed by atoms with Crippen LogP contribution in [0.25, 0.3) is 0 Å². The number of fused-ring (bicyclic) bond motifs is 1. The Bertz CT molecular complexity index is 522. The minimum absolute atomic E-state index is 0.0974. The second kappa shape index (κ2) is 7.44. The molecular formula is C17H22ClNO3. The van der Waals surface area contributed by atoms with Crippen LogP contribution in [0.1, 0.15) is 31.2 Å². The maximum absolute atomic E-state index is 12.1. The van der Waals surface area contributed by atoms with E-state index in [0.717, 1.165) is 24.8 Å². The summed E-state index contributed by atoms with van der Waals surface area (Å²) in [6.45, 7) is 1.36. The van der Waals surface area contributed by atoms with E-state index in [1.54, 1.807) is 0 Å². The molecule has 2 aliphatic rings. The lowest BCUT2D eigenvalue weighted by molar-refractivity contribution is -0.158. The third kappa shape index (κ3) is 4.22. The van der Waals surface area contributed by atoms with Crippen molar-refractivity contribution in [3.8, 4) is 0 Å². The van der Waals surface area contributed by atoms with Crippen molar-refractivity contribution in [1.82, 2.24) is 5.32 Å². The molecule has 1 saturated carbocycles.